The molecular formula is C13H20BrNS. The van der Waals surface area contributed by atoms with Crippen molar-refractivity contribution in [1.82, 2.24) is 5.32 Å². The molecule has 1 heterocycles. The van der Waals surface area contributed by atoms with Gasteiger partial charge >= 0.3 is 0 Å². The van der Waals surface area contributed by atoms with Crippen LogP contribution in [0, 0.1) is 5.92 Å². The molecule has 1 N–H and O–H groups in total. The Morgan fingerprint density at radius 2 is 2.06 bits per heavy atom. The smallest absolute Gasteiger partial charge is 0.0701 e. The maximum atomic E-state index is 3.69. The first-order valence-electron chi connectivity index (χ1n) is 6.25. The van der Waals surface area contributed by atoms with E-state index in [0.29, 0.717) is 0 Å². The van der Waals surface area contributed by atoms with E-state index in [9.17, 15) is 0 Å². The lowest BCUT2D eigenvalue weighted by Gasteiger charge is -2.28. The van der Waals surface area contributed by atoms with E-state index in [1.807, 2.05) is 11.3 Å². The molecule has 0 amide bonds. The second kappa shape index (κ2) is 6.18. The molecule has 0 unspecified atom stereocenters. The first-order valence-corrected chi connectivity index (χ1v) is 7.86. The van der Waals surface area contributed by atoms with Gasteiger partial charge in [0.1, 0.15) is 0 Å². The number of nitrogens with one attached hydrogen (secondary N) is 1. The van der Waals surface area contributed by atoms with Gasteiger partial charge in [0.15, 0.2) is 0 Å². The zero-order valence-electron chi connectivity index (χ0n) is 9.84. The van der Waals surface area contributed by atoms with Crippen molar-refractivity contribution in [3.63, 3.8) is 0 Å². The van der Waals surface area contributed by atoms with Gasteiger partial charge in [-0.25, -0.2) is 0 Å². The van der Waals surface area contributed by atoms with Gasteiger partial charge in [0.25, 0.3) is 0 Å². The summed E-state index contributed by atoms with van der Waals surface area (Å²) in [6, 6.07) is 5.10. The van der Waals surface area contributed by atoms with E-state index in [0.717, 1.165) is 18.5 Å². The number of thiophene rings is 1. The summed E-state index contributed by atoms with van der Waals surface area (Å²) in [5.41, 5.74) is 0. The molecule has 0 radical (unpaired) electrons. The highest BCUT2D eigenvalue weighted by Gasteiger charge is 2.19. The summed E-state index contributed by atoms with van der Waals surface area (Å²) in [6.45, 7) is 3.36. The highest BCUT2D eigenvalue weighted by atomic mass is 79.9. The molecule has 0 saturated heterocycles. The number of hydrogen-bond acceptors (Lipinski definition) is 2. The average molecular weight is 302 g/mol. The van der Waals surface area contributed by atoms with Gasteiger partial charge in [0.2, 0.25) is 0 Å². The summed E-state index contributed by atoms with van der Waals surface area (Å²) in [7, 11) is 0. The van der Waals surface area contributed by atoms with E-state index < -0.39 is 0 Å². The van der Waals surface area contributed by atoms with E-state index >= 15 is 0 Å². The van der Waals surface area contributed by atoms with Gasteiger partial charge in [-0.05, 0) is 59.7 Å². The zero-order valence-corrected chi connectivity index (χ0v) is 12.2. The molecule has 0 bridgehead atoms. The predicted octanol–water partition coefficient (Wildman–Crippen LogP) is 4.57. The average Bonchev–Trinajstić information content (AvgIpc) is 2.73. The number of hydrogen-bond donors (Lipinski definition) is 1. The van der Waals surface area contributed by atoms with Gasteiger partial charge in [-0.15, -0.1) is 11.3 Å². The molecule has 90 valence electrons. The van der Waals surface area contributed by atoms with Crippen molar-refractivity contribution in [3.8, 4) is 0 Å². The molecule has 0 aliphatic heterocycles. The molecule has 1 aliphatic carbocycles. The Kier molecular flexibility index (Phi) is 4.86. The molecular weight excluding hydrogens is 282 g/mol. The second-order valence-electron chi connectivity index (χ2n) is 4.71. The van der Waals surface area contributed by atoms with E-state index in [4.69, 9.17) is 0 Å². The molecule has 0 atom stereocenters. The molecule has 1 saturated carbocycles. The van der Waals surface area contributed by atoms with Crippen molar-refractivity contribution in [2.24, 2.45) is 5.92 Å². The Labute approximate surface area is 111 Å². The highest BCUT2D eigenvalue weighted by Crippen LogP contribution is 2.27. The second-order valence-corrected chi connectivity index (χ2v) is 7.26. The third-order valence-corrected chi connectivity index (χ3v) is 5.24. The first kappa shape index (κ1) is 12.6. The molecule has 2 rings (SSSR count). The van der Waals surface area contributed by atoms with E-state index in [2.05, 4.69) is 40.3 Å². The summed E-state index contributed by atoms with van der Waals surface area (Å²) in [5.74, 6) is 0.994. The SMILES string of the molecule is CCC1CCC(NCc2ccc(Br)s2)CC1. The fourth-order valence-electron chi connectivity index (χ4n) is 2.47. The van der Waals surface area contributed by atoms with Crippen LogP contribution in [-0.4, -0.2) is 6.04 Å². The standard InChI is InChI=1S/C13H20BrNS/c1-2-10-3-5-11(6-4-10)15-9-12-7-8-13(14)16-12/h7-8,10-11,15H,2-6,9H2,1H3. The van der Waals surface area contributed by atoms with Gasteiger partial charge < -0.3 is 5.32 Å². The van der Waals surface area contributed by atoms with Crippen LogP contribution in [0.5, 0.6) is 0 Å². The number of rotatable bonds is 4. The summed E-state index contributed by atoms with van der Waals surface area (Å²) in [4.78, 5) is 1.43. The summed E-state index contributed by atoms with van der Waals surface area (Å²) >= 11 is 5.34. The Morgan fingerprint density at radius 3 is 2.62 bits per heavy atom. The Hall–Kier alpha value is 0.140. The molecule has 1 fully saturated rings. The van der Waals surface area contributed by atoms with Crippen LogP contribution in [0.1, 0.15) is 43.9 Å². The lowest BCUT2D eigenvalue weighted by molar-refractivity contribution is 0.285. The molecule has 1 aliphatic rings. The summed E-state index contributed by atoms with van der Waals surface area (Å²) < 4.78 is 1.24. The monoisotopic (exact) mass is 301 g/mol. The molecule has 0 spiro atoms. The van der Waals surface area contributed by atoms with Crippen molar-refractivity contribution >= 4 is 27.3 Å². The van der Waals surface area contributed by atoms with E-state index in [-0.39, 0.29) is 0 Å². The first-order chi connectivity index (χ1) is 7.78. The Bertz CT molecular complexity index is 315. The molecule has 3 heteroatoms. The van der Waals surface area contributed by atoms with Gasteiger partial charge in [-0.1, -0.05) is 13.3 Å². The molecule has 1 nitrogen and oxygen atoms in total. The van der Waals surface area contributed by atoms with Gasteiger partial charge in [0.05, 0.1) is 3.79 Å². The van der Waals surface area contributed by atoms with E-state index in [1.165, 1.54) is 40.8 Å². The van der Waals surface area contributed by atoms with Crippen LogP contribution in [0.2, 0.25) is 0 Å². The van der Waals surface area contributed by atoms with Crippen molar-refractivity contribution in [1.29, 1.82) is 0 Å². The maximum absolute atomic E-state index is 3.69. The van der Waals surface area contributed by atoms with Crippen molar-refractivity contribution in [2.75, 3.05) is 0 Å². The normalized spacial score (nSPS) is 25.9. The zero-order chi connectivity index (χ0) is 11.4. The van der Waals surface area contributed by atoms with E-state index in [1.54, 1.807) is 0 Å². The fourth-order valence-corrected chi connectivity index (χ4v) is 3.90. The van der Waals surface area contributed by atoms with Gasteiger partial charge in [-0.3, -0.25) is 0 Å². The van der Waals surface area contributed by atoms with Crippen LogP contribution in [0.3, 0.4) is 0 Å². The highest BCUT2D eigenvalue weighted by molar-refractivity contribution is 9.11. The molecule has 1 aromatic rings. The van der Waals surface area contributed by atoms with Gasteiger partial charge in [0, 0.05) is 17.5 Å². The third-order valence-electron chi connectivity index (χ3n) is 3.62. The van der Waals surface area contributed by atoms with Crippen LogP contribution in [0.25, 0.3) is 0 Å². The van der Waals surface area contributed by atoms with Crippen molar-refractivity contribution in [3.05, 3.63) is 20.8 Å². The lowest BCUT2D eigenvalue weighted by atomic mass is 9.84. The number of halogens is 1. The molecule has 1 aromatic heterocycles. The summed E-state index contributed by atoms with van der Waals surface area (Å²) in [6.07, 6.45) is 6.94. The Balaban J connectivity index is 1.71. The van der Waals surface area contributed by atoms with Crippen LogP contribution in [0.15, 0.2) is 15.9 Å². The quantitative estimate of drug-likeness (QED) is 0.859. The largest absolute Gasteiger partial charge is 0.309 e. The van der Waals surface area contributed by atoms with Crippen LogP contribution >= 0.6 is 27.3 Å². The minimum atomic E-state index is 0.753. The summed E-state index contributed by atoms with van der Waals surface area (Å²) in [5, 5.41) is 3.69. The van der Waals surface area contributed by atoms with Crippen molar-refractivity contribution in [2.45, 2.75) is 51.6 Å². The fraction of sp³-hybridized carbons (Fsp3) is 0.692. The minimum Gasteiger partial charge on any atom is -0.309 e. The van der Waals surface area contributed by atoms with Crippen molar-refractivity contribution < 1.29 is 0 Å². The maximum Gasteiger partial charge on any atom is 0.0701 e. The molecule has 0 aromatic carbocycles. The van der Waals surface area contributed by atoms with Gasteiger partial charge in [-0.2, -0.15) is 0 Å². The van der Waals surface area contributed by atoms with Crippen LogP contribution in [0.4, 0.5) is 0 Å². The Morgan fingerprint density at radius 1 is 1.31 bits per heavy atom. The third kappa shape index (κ3) is 3.57. The van der Waals surface area contributed by atoms with Crippen LogP contribution < -0.4 is 5.32 Å². The lowest BCUT2D eigenvalue weighted by Crippen LogP contribution is -2.32. The molecule has 16 heavy (non-hydrogen) atoms. The minimum absolute atomic E-state index is 0.753. The van der Waals surface area contributed by atoms with Crippen LogP contribution in [-0.2, 0) is 6.54 Å². The predicted molar refractivity (Wildman–Crippen MR) is 74.9 cm³/mol. The topological polar surface area (TPSA) is 12.0 Å².